The number of rotatable bonds is 5. The molecule has 1 aromatic rings. The number of hydrogen-bond acceptors (Lipinski definition) is 4. The molecule has 0 saturated heterocycles. The molecule has 0 saturated carbocycles. The zero-order valence-corrected chi connectivity index (χ0v) is 9.90. The minimum Gasteiger partial charge on any atom is -0.468 e. The molecule has 1 aromatic carbocycles. The highest BCUT2D eigenvalue weighted by molar-refractivity contribution is 5.77. The molecule has 0 radical (unpaired) electrons. The van der Waals surface area contributed by atoms with Gasteiger partial charge in [-0.3, -0.25) is 15.0 Å². The van der Waals surface area contributed by atoms with Crippen LogP contribution in [0.3, 0.4) is 0 Å². The van der Waals surface area contributed by atoms with E-state index in [2.05, 4.69) is 15.6 Å². The van der Waals surface area contributed by atoms with Crippen molar-refractivity contribution in [2.24, 2.45) is 0 Å². The number of nitrogens with one attached hydrogen (secondary N) is 2. The molecule has 0 unspecified atom stereocenters. The predicted octanol–water partition coefficient (Wildman–Crippen LogP) is 0.411. The highest BCUT2D eigenvalue weighted by atomic mass is 16.5. The molecule has 17 heavy (non-hydrogen) atoms. The first-order valence-electron chi connectivity index (χ1n) is 5.27. The van der Waals surface area contributed by atoms with E-state index < -0.39 is 12.0 Å². The third-order valence-electron chi connectivity index (χ3n) is 2.19. The van der Waals surface area contributed by atoms with E-state index in [1.165, 1.54) is 14.0 Å². The zero-order chi connectivity index (χ0) is 12.7. The van der Waals surface area contributed by atoms with Crippen molar-refractivity contribution >= 4 is 11.9 Å². The number of benzene rings is 1. The third kappa shape index (κ3) is 4.65. The lowest BCUT2D eigenvalue weighted by atomic mass is 10.1. The molecular weight excluding hydrogens is 220 g/mol. The second kappa shape index (κ2) is 6.65. The summed E-state index contributed by atoms with van der Waals surface area (Å²) in [5.41, 5.74) is 6.02. The van der Waals surface area contributed by atoms with E-state index in [1.807, 2.05) is 30.3 Å². The van der Waals surface area contributed by atoms with Crippen molar-refractivity contribution in [3.63, 3.8) is 0 Å². The molecule has 0 aliphatic rings. The fourth-order valence-corrected chi connectivity index (χ4v) is 1.37. The molecule has 0 bridgehead atoms. The van der Waals surface area contributed by atoms with Gasteiger partial charge in [-0.15, -0.1) is 0 Å². The Morgan fingerprint density at radius 3 is 2.47 bits per heavy atom. The van der Waals surface area contributed by atoms with Gasteiger partial charge in [0, 0.05) is 13.3 Å². The van der Waals surface area contributed by atoms with Crippen LogP contribution >= 0.6 is 0 Å². The number of hydrogen-bond donors (Lipinski definition) is 2. The first-order valence-corrected chi connectivity index (χ1v) is 5.27. The van der Waals surface area contributed by atoms with Crippen molar-refractivity contribution in [3.05, 3.63) is 35.9 Å². The summed E-state index contributed by atoms with van der Waals surface area (Å²) in [4.78, 5) is 22.3. The molecule has 1 amide bonds. The fourth-order valence-electron chi connectivity index (χ4n) is 1.37. The summed E-state index contributed by atoms with van der Waals surface area (Å²) in [7, 11) is 1.32. The summed E-state index contributed by atoms with van der Waals surface area (Å²) >= 11 is 0. The second-order valence-electron chi connectivity index (χ2n) is 3.59. The average Bonchev–Trinajstić information content (AvgIpc) is 2.34. The topological polar surface area (TPSA) is 67.4 Å². The van der Waals surface area contributed by atoms with Crippen molar-refractivity contribution in [3.8, 4) is 0 Å². The Morgan fingerprint density at radius 1 is 1.29 bits per heavy atom. The Morgan fingerprint density at radius 2 is 1.94 bits per heavy atom. The van der Waals surface area contributed by atoms with Gasteiger partial charge < -0.3 is 4.74 Å². The van der Waals surface area contributed by atoms with Gasteiger partial charge >= 0.3 is 5.97 Å². The van der Waals surface area contributed by atoms with Crippen molar-refractivity contribution < 1.29 is 14.3 Å². The van der Waals surface area contributed by atoms with E-state index in [-0.39, 0.29) is 5.91 Å². The van der Waals surface area contributed by atoms with Gasteiger partial charge in [-0.05, 0) is 5.56 Å². The van der Waals surface area contributed by atoms with Crippen LogP contribution in [0.15, 0.2) is 30.3 Å². The molecule has 0 aromatic heterocycles. The Bertz CT molecular complexity index is 379. The summed E-state index contributed by atoms with van der Waals surface area (Å²) in [6, 6.07) is 8.91. The van der Waals surface area contributed by atoms with Crippen molar-refractivity contribution in [2.75, 3.05) is 7.11 Å². The fraction of sp³-hybridized carbons (Fsp3) is 0.333. The van der Waals surface area contributed by atoms with Gasteiger partial charge in [-0.2, -0.15) is 0 Å². The monoisotopic (exact) mass is 236 g/mol. The molecular formula is C12H16N2O3. The maximum Gasteiger partial charge on any atom is 0.325 e. The average molecular weight is 236 g/mol. The minimum absolute atomic E-state index is 0.257. The number of carbonyl (C=O) groups excluding carboxylic acids is 2. The van der Waals surface area contributed by atoms with E-state index in [4.69, 9.17) is 0 Å². The van der Waals surface area contributed by atoms with Gasteiger partial charge in [-0.25, -0.2) is 5.43 Å². The van der Waals surface area contributed by atoms with Crippen LogP contribution < -0.4 is 10.9 Å². The first kappa shape index (κ1) is 13.2. The van der Waals surface area contributed by atoms with Crippen LogP contribution in [-0.2, 0) is 20.7 Å². The number of esters is 1. The van der Waals surface area contributed by atoms with Gasteiger partial charge in [0.15, 0.2) is 0 Å². The molecule has 0 aliphatic carbocycles. The quantitative estimate of drug-likeness (QED) is 0.574. The van der Waals surface area contributed by atoms with Gasteiger partial charge in [0.2, 0.25) is 5.91 Å². The lowest BCUT2D eigenvalue weighted by molar-refractivity contribution is -0.143. The van der Waals surface area contributed by atoms with Gasteiger partial charge in [0.1, 0.15) is 6.04 Å². The summed E-state index contributed by atoms with van der Waals surface area (Å²) in [6.45, 7) is 1.36. The molecule has 0 spiro atoms. The van der Waals surface area contributed by atoms with Crippen LogP contribution in [0.2, 0.25) is 0 Å². The van der Waals surface area contributed by atoms with Crippen molar-refractivity contribution in [2.45, 2.75) is 19.4 Å². The molecule has 5 heteroatoms. The highest BCUT2D eigenvalue weighted by Crippen LogP contribution is 2.03. The van der Waals surface area contributed by atoms with Crippen molar-refractivity contribution in [1.29, 1.82) is 0 Å². The Balaban J connectivity index is 2.63. The maximum atomic E-state index is 11.5. The van der Waals surface area contributed by atoms with Crippen LogP contribution in [-0.4, -0.2) is 25.0 Å². The molecule has 1 atom stereocenters. The van der Waals surface area contributed by atoms with Crippen LogP contribution in [0.1, 0.15) is 12.5 Å². The SMILES string of the molecule is COC(=O)[C@@H](Cc1ccccc1)NNC(C)=O. The zero-order valence-electron chi connectivity index (χ0n) is 9.90. The minimum atomic E-state index is -0.591. The van der Waals surface area contributed by atoms with E-state index in [1.54, 1.807) is 0 Å². The summed E-state index contributed by atoms with van der Waals surface area (Å²) in [5.74, 6) is -0.672. The molecule has 5 nitrogen and oxygen atoms in total. The Hall–Kier alpha value is -1.88. The first-order chi connectivity index (χ1) is 8.13. The smallest absolute Gasteiger partial charge is 0.325 e. The summed E-state index contributed by atoms with van der Waals surface area (Å²) in [6.07, 6.45) is 0.452. The van der Waals surface area contributed by atoms with Crippen LogP contribution in [0.4, 0.5) is 0 Å². The van der Waals surface area contributed by atoms with E-state index in [9.17, 15) is 9.59 Å². The number of amides is 1. The van der Waals surface area contributed by atoms with Gasteiger partial charge in [0.05, 0.1) is 7.11 Å². The molecule has 2 N–H and O–H groups in total. The van der Waals surface area contributed by atoms with Crippen molar-refractivity contribution in [1.82, 2.24) is 10.9 Å². The number of ether oxygens (including phenoxy) is 1. The Labute approximate surface area is 100 Å². The largest absolute Gasteiger partial charge is 0.468 e. The van der Waals surface area contributed by atoms with E-state index >= 15 is 0 Å². The number of hydrazine groups is 1. The number of methoxy groups -OCH3 is 1. The second-order valence-corrected chi connectivity index (χ2v) is 3.59. The van der Waals surface area contributed by atoms with Gasteiger partial charge in [-0.1, -0.05) is 30.3 Å². The molecule has 0 aliphatic heterocycles. The lowest BCUT2D eigenvalue weighted by Crippen LogP contribution is -2.49. The van der Waals surface area contributed by atoms with Gasteiger partial charge in [0.25, 0.3) is 0 Å². The normalized spacial score (nSPS) is 11.6. The highest BCUT2D eigenvalue weighted by Gasteiger charge is 2.19. The molecule has 92 valence electrons. The van der Waals surface area contributed by atoms with E-state index in [0.717, 1.165) is 5.56 Å². The molecule has 1 rings (SSSR count). The summed E-state index contributed by atoms with van der Waals surface area (Å²) in [5, 5.41) is 0. The summed E-state index contributed by atoms with van der Waals surface area (Å²) < 4.78 is 4.66. The van der Waals surface area contributed by atoms with Crippen LogP contribution in [0.25, 0.3) is 0 Å². The maximum absolute atomic E-state index is 11.5. The predicted molar refractivity (Wildman–Crippen MR) is 62.9 cm³/mol. The standard InChI is InChI=1S/C12H16N2O3/c1-9(15)13-14-11(12(16)17-2)8-10-6-4-3-5-7-10/h3-7,11,14H,8H2,1-2H3,(H,13,15)/t11-/m1/s1. The number of carbonyl (C=O) groups is 2. The van der Waals surface area contributed by atoms with E-state index in [0.29, 0.717) is 6.42 Å². The van der Waals surface area contributed by atoms with Crippen LogP contribution in [0, 0.1) is 0 Å². The van der Waals surface area contributed by atoms with Crippen LogP contribution in [0.5, 0.6) is 0 Å². The Kier molecular flexibility index (Phi) is 5.16. The third-order valence-corrected chi connectivity index (χ3v) is 2.19. The molecule has 0 heterocycles. The molecule has 0 fully saturated rings. The lowest BCUT2D eigenvalue weighted by Gasteiger charge is -2.16.